The molecule has 0 amide bonds. The van der Waals surface area contributed by atoms with Gasteiger partial charge in [-0.15, -0.1) is 0 Å². The van der Waals surface area contributed by atoms with Crippen LogP contribution in [0.4, 0.5) is 0 Å². The lowest BCUT2D eigenvalue weighted by atomic mass is 10.0. The monoisotopic (exact) mass is 662 g/mol. The summed E-state index contributed by atoms with van der Waals surface area (Å²) >= 11 is 0. The van der Waals surface area contributed by atoms with Crippen LogP contribution >= 0.6 is 0 Å². The molecule has 0 atom stereocenters. The molecule has 12 aromatic rings. The Bertz CT molecular complexity index is 3390. The maximum Gasteiger partial charge on any atom is 0.123 e. The fourth-order valence-corrected chi connectivity index (χ4v) is 8.89. The van der Waals surface area contributed by atoms with Crippen LogP contribution in [0.5, 0.6) is 0 Å². The summed E-state index contributed by atoms with van der Waals surface area (Å²) < 4.78 is 9.79. The molecule has 52 heavy (non-hydrogen) atoms. The van der Waals surface area contributed by atoms with E-state index in [4.69, 9.17) is 0 Å². The van der Waals surface area contributed by atoms with E-state index >= 15 is 0 Å². The summed E-state index contributed by atoms with van der Waals surface area (Å²) in [6.07, 6.45) is 0. The van der Waals surface area contributed by atoms with Gasteiger partial charge >= 0.3 is 0 Å². The standard InChI is InChI=1S/C48H30N4/c1-3-15-35(16-4-1)49-42-22-12-9-19-37(42)38-27-31(23-25-43(38)49)32-24-26-44-39(28-32)47-48(50(44)36-17-5-2-6-18-36)45-29-33-13-7-10-20-40(33)51(45)46-30-34-14-8-11-21-41(34)52(46)47/h1-30H. The number of aromatic nitrogens is 4. The minimum atomic E-state index is 1.15. The van der Waals surface area contributed by atoms with Gasteiger partial charge in [0.15, 0.2) is 0 Å². The Morgan fingerprint density at radius 3 is 1.52 bits per heavy atom. The van der Waals surface area contributed by atoms with Crippen molar-refractivity contribution in [2.24, 2.45) is 0 Å². The maximum absolute atomic E-state index is 2.49. The van der Waals surface area contributed by atoms with Crippen molar-refractivity contribution in [1.29, 1.82) is 0 Å². The molecular formula is C48H30N4. The molecule has 0 bridgehead atoms. The van der Waals surface area contributed by atoms with Gasteiger partial charge in [-0.3, -0.25) is 8.80 Å². The minimum absolute atomic E-state index is 1.15. The molecule has 0 saturated heterocycles. The number of hydrogen-bond donors (Lipinski definition) is 0. The molecule has 4 heteroatoms. The molecule has 0 fully saturated rings. The molecule has 0 aliphatic rings. The van der Waals surface area contributed by atoms with Crippen LogP contribution in [-0.4, -0.2) is 17.9 Å². The topological polar surface area (TPSA) is 18.7 Å². The quantitative estimate of drug-likeness (QED) is 0.179. The van der Waals surface area contributed by atoms with Crippen molar-refractivity contribution in [3.63, 3.8) is 0 Å². The number of benzene rings is 7. The number of hydrogen-bond acceptors (Lipinski definition) is 0. The second-order valence-electron chi connectivity index (χ2n) is 13.8. The summed E-state index contributed by atoms with van der Waals surface area (Å²) in [7, 11) is 0. The van der Waals surface area contributed by atoms with Crippen LogP contribution < -0.4 is 0 Å². The second-order valence-corrected chi connectivity index (χ2v) is 13.8. The molecule has 0 N–H and O–H groups in total. The van der Waals surface area contributed by atoms with Gasteiger partial charge in [-0.25, -0.2) is 0 Å². The summed E-state index contributed by atoms with van der Waals surface area (Å²) in [4.78, 5) is 0. The van der Waals surface area contributed by atoms with Crippen LogP contribution in [0.2, 0.25) is 0 Å². The summed E-state index contributed by atoms with van der Waals surface area (Å²) in [6, 6.07) is 66.5. The zero-order valence-electron chi connectivity index (χ0n) is 28.1. The van der Waals surface area contributed by atoms with Crippen molar-refractivity contribution in [1.82, 2.24) is 17.9 Å². The summed E-state index contributed by atoms with van der Waals surface area (Å²) in [6.45, 7) is 0. The molecule has 5 heterocycles. The first-order valence-corrected chi connectivity index (χ1v) is 17.9. The normalized spacial score (nSPS) is 12.2. The molecule has 0 spiro atoms. The lowest BCUT2D eigenvalue weighted by Gasteiger charge is -2.11. The average Bonchev–Trinajstić information content (AvgIpc) is 3.96. The Morgan fingerprint density at radius 2 is 0.808 bits per heavy atom. The molecule has 5 aromatic heterocycles. The zero-order valence-corrected chi connectivity index (χ0v) is 28.1. The summed E-state index contributed by atoms with van der Waals surface area (Å²) in [5.41, 5.74) is 15.5. The van der Waals surface area contributed by atoms with Gasteiger partial charge in [-0.2, -0.15) is 0 Å². The van der Waals surface area contributed by atoms with E-state index in [2.05, 4.69) is 200 Å². The highest BCUT2D eigenvalue weighted by molar-refractivity contribution is 6.18. The number of nitrogens with zero attached hydrogens (tertiary/aromatic N) is 4. The smallest absolute Gasteiger partial charge is 0.123 e. The average molecular weight is 663 g/mol. The number of para-hydroxylation sites is 5. The van der Waals surface area contributed by atoms with Crippen molar-refractivity contribution in [2.45, 2.75) is 0 Å². The third-order valence-electron chi connectivity index (χ3n) is 11.1. The molecule has 242 valence electrons. The highest BCUT2D eigenvalue weighted by atomic mass is 15.1. The highest BCUT2D eigenvalue weighted by Crippen LogP contribution is 2.42. The Hall–Kier alpha value is -7.04. The number of rotatable bonds is 3. The van der Waals surface area contributed by atoms with Gasteiger partial charge < -0.3 is 9.13 Å². The van der Waals surface area contributed by atoms with Crippen LogP contribution in [0, 0.1) is 0 Å². The molecule has 0 saturated carbocycles. The van der Waals surface area contributed by atoms with E-state index in [1.54, 1.807) is 0 Å². The van der Waals surface area contributed by atoms with Crippen LogP contribution in [0.25, 0.3) is 99.2 Å². The van der Waals surface area contributed by atoms with Gasteiger partial charge in [-0.1, -0.05) is 103 Å². The van der Waals surface area contributed by atoms with Gasteiger partial charge in [0, 0.05) is 38.3 Å². The largest absolute Gasteiger partial charge is 0.309 e. The van der Waals surface area contributed by atoms with Crippen molar-refractivity contribution in [3.8, 4) is 22.5 Å². The van der Waals surface area contributed by atoms with Crippen molar-refractivity contribution < 1.29 is 0 Å². The van der Waals surface area contributed by atoms with Crippen LogP contribution in [0.3, 0.4) is 0 Å². The predicted octanol–water partition coefficient (Wildman–Crippen LogP) is 12.4. The predicted molar refractivity (Wildman–Crippen MR) is 217 cm³/mol. The van der Waals surface area contributed by atoms with Gasteiger partial charge in [0.05, 0.1) is 44.1 Å². The SMILES string of the molecule is c1ccc(-n2c3ccccc3c3cc(-c4ccc5c(c4)c4c(c6cc7ccccc7n6c6cc7ccccc7n46)n5-c4ccccc4)ccc32)cc1. The lowest BCUT2D eigenvalue weighted by Crippen LogP contribution is -1.99. The maximum atomic E-state index is 2.49. The van der Waals surface area contributed by atoms with Crippen LogP contribution in [-0.2, 0) is 0 Å². The van der Waals surface area contributed by atoms with Crippen LogP contribution in [0.15, 0.2) is 182 Å². The first-order valence-electron chi connectivity index (χ1n) is 17.9. The van der Waals surface area contributed by atoms with Crippen molar-refractivity contribution >= 4 is 76.7 Å². The van der Waals surface area contributed by atoms with Gasteiger partial charge in [-0.05, 0) is 90.0 Å². The number of fused-ring (bicyclic) bond motifs is 15. The van der Waals surface area contributed by atoms with Gasteiger partial charge in [0.2, 0.25) is 0 Å². The third-order valence-corrected chi connectivity index (χ3v) is 11.1. The first kappa shape index (κ1) is 27.7. The summed E-state index contributed by atoms with van der Waals surface area (Å²) in [5.74, 6) is 0. The lowest BCUT2D eigenvalue weighted by molar-refractivity contribution is 1.15. The van der Waals surface area contributed by atoms with Gasteiger partial charge in [0.1, 0.15) is 5.65 Å². The van der Waals surface area contributed by atoms with E-state index in [1.165, 1.54) is 87.9 Å². The molecule has 7 aromatic carbocycles. The second kappa shape index (κ2) is 10.3. The van der Waals surface area contributed by atoms with E-state index in [1.807, 2.05) is 0 Å². The fourth-order valence-electron chi connectivity index (χ4n) is 8.89. The van der Waals surface area contributed by atoms with E-state index < -0.39 is 0 Å². The molecule has 4 nitrogen and oxygen atoms in total. The van der Waals surface area contributed by atoms with Crippen LogP contribution in [0.1, 0.15) is 0 Å². The molecular weight excluding hydrogens is 633 g/mol. The van der Waals surface area contributed by atoms with E-state index in [-0.39, 0.29) is 0 Å². The first-order chi connectivity index (χ1) is 25.8. The Balaban J connectivity index is 1.22. The van der Waals surface area contributed by atoms with E-state index in [0.717, 1.165) is 11.3 Å². The summed E-state index contributed by atoms with van der Waals surface area (Å²) in [5, 5.41) is 6.20. The van der Waals surface area contributed by atoms with Gasteiger partial charge in [0.25, 0.3) is 0 Å². The molecule has 0 unspecified atom stereocenters. The molecule has 0 aliphatic carbocycles. The van der Waals surface area contributed by atoms with Crippen molar-refractivity contribution in [3.05, 3.63) is 182 Å². The van der Waals surface area contributed by atoms with E-state index in [0.29, 0.717) is 0 Å². The molecule has 12 rings (SSSR count). The highest BCUT2D eigenvalue weighted by Gasteiger charge is 2.23. The van der Waals surface area contributed by atoms with E-state index in [9.17, 15) is 0 Å². The molecule has 0 radical (unpaired) electrons. The zero-order chi connectivity index (χ0) is 33.9. The Kier molecular flexibility index (Phi) is 5.47. The minimum Gasteiger partial charge on any atom is -0.309 e. The Labute approximate surface area is 298 Å². The Morgan fingerprint density at radius 1 is 0.288 bits per heavy atom. The fraction of sp³-hybridized carbons (Fsp3) is 0. The molecule has 0 aliphatic heterocycles. The third kappa shape index (κ3) is 3.65. The van der Waals surface area contributed by atoms with Crippen molar-refractivity contribution in [2.75, 3.05) is 0 Å².